The van der Waals surface area contributed by atoms with E-state index in [1.165, 1.54) is 49.5 Å². The highest BCUT2D eigenvalue weighted by molar-refractivity contribution is 7.92. The van der Waals surface area contributed by atoms with Gasteiger partial charge in [-0.05, 0) is 49.4 Å². The van der Waals surface area contributed by atoms with Crippen LogP contribution in [0, 0.1) is 17.0 Å². The van der Waals surface area contributed by atoms with E-state index in [1.54, 1.807) is 37.3 Å². The van der Waals surface area contributed by atoms with Gasteiger partial charge in [0.2, 0.25) is 0 Å². The van der Waals surface area contributed by atoms with E-state index in [9.17, 15) is 28.1 Å². The molecular formula is C23H21N3O7S. The van der Waals surface area contributed by atoms with Crippen molar-refractivity contribution in [3.8, 4) is 0 Å². The molecule has 11 heteroatoms. The Morgan fingerprint density at radius 1 is 1.03 bits per heavy atom. The van der Waals surface area contributed by atoms with Crippen LogP contribution in [0.3, 0.4) is 0 Å². The molecular weight excluding hydrogens is 462 g/mol. The average molecular weight is 484 g/mol. The van der Waals surface area contributed by atoms with Crippen molar-refractivity contribution in [2.24, 2.45) is 0 Å². The summed E-state index contributed by atoms with van der Waals surface area (Å²) in [7, 11) is -2.41. The summed E-state index contributed by atoms with van der Waals surface area (Å²) in [6, 6.07) is 17.8. The van der Waals surface area contributed by atoms with Gasteiger partial charge in [-0.25, -0.2) is 13.2 Å². The van der Waals surface area contributed by atoms with Gasteiger partial charge in [0.05, 0.1) is 21.1 Å². The summed E-state index contributed by atoms with van der Waals surface area (Å²) >= 11 is 0. The van der Waals surface area contributed by atoms with Gasteiger partial charge >= 0.3 is 5.97 Å². The molecule has 3 aromatic carbocycles. The third-order valence-electron chi connectivity index (χ3n) is 4.89. The van der Waals surface area contributed by atoms with Gasteiger partial charge in [0.1, 0.15) is 0 Å². The smallest absolute Gasteiger partial charge is 0.338 e. The lowest BCUT2D eigenvalue weighted by Gasteiger charge is -2.19. The number of para-hydroxylation sites is 1. The van der Waals surface area contributed by atoms with Gasteiger partial charge in [-0.3, -0.25) is 19.2 Å². The van der Waals surface area contributed by atoms with E-state index in [-0.39, 0.29) is 21.8 Å². The van der Waals surface area contributed by atoms with Gasteiger partial charge in [0.25, 0.3) is 21.6 Å². The topological polar surface area (TPSA) is 136 Å². The Morgan fingerprint density at radius 3 is 2.29 bits per heavy atom. The van der Waals surface area contributed by atoms with Crippen LogP contribution in [0.4, 0.5) is 17.1 Å². The summed E-state index contributed by atoms with van der Waals surface area (Å²) in [6.45, 7) is 0.943. The van der Waals surface area contributed by atoms with Crippen LogP contribution in [0.25, 0.3) is 0 Å². The van der Waals surface area contributed by atoms with Crippen LogP contribution in [0.15, 0.2) is 77.7 Å². The minimum atomic E-state index is -3.84. The lowest BCUT2D eigenvalue weighted by Crippen LogP contribution is -2.26. The molecule has 0 aromatic heterocycles. The van der Waals surface area contributed by atoms with Crippen molar-refractivity contribution in [2.45, 2.75) is 11.8 Å². The molecule has 0 fully saturated rings. The number of hydrogen-bond donors (Lipinski definition) is 1. The van der Waals surface area contributed by atoms with Crippen molar-refractivity contribution >= 4 is 39.0 Å². The van der Waals surface area contributed by atoms with Gasteiger partial charge in [-0.2, -0.15) is 0 Å². The number of nitrogens with one attached hydrogen (secondary N) is 1. The van der Waals surface area contributed by atoms with Crippen molar-refractivity contribution in [2.75, 3.05) is 23.3 Å². The fourth-order valence-electron chi connectivity index (χ4n) is 2.99. The lowest BCUT2D eigenvalue weighted by molar-refractivity contribution is -0.385. The van der Waals surface area contributed by atoms with Gasteiger partial charge in [-0.1, -0.05) is 24.3 Å². The van der Waals surface area contributed by atoms with E-state index in [1.807, 2.05) is 0 Å². The molecule has 3 aromatic rings. The summed E-state index contributed by atoms with van der Waals surface area (Å²) in [5.74, 6) is -1.51. The highest BCUT2D eigenvalue weighted by Gasteiger charge is 2.22. The van der Waals surface area contributed by atoms with Crippen molar-refractivity contribution < 1.29 is 27.7 Å². The molecule has 0 heterocycles. The second kappa shape index (κ2) is 10.1. The van der Waals surface area contributed by atoms with E-state index in [2.05, 4.69) is 5.32 Å². The van der Waals surface area contributed by atoms with Crippen molar-refractivity contribution in [3.63, 3.8) is 0 Å². The monoisotopic (exact) mass is 483 g/mol. The lowest BCUT2D eigenvalue weighted by atomic mass is 10.2. The highest BCUT2D eigenvalue weighted by atomic mass is 32.2. The molecule has 34 heavy (non-hydrogen) atoms. The molecule has 0 saturated heterocycles. The fourth-order valence-corrected chi connectivity index (χ4v) is 4.19. The number of carbonyl (C=O) groups is 2. The SMILES string of the molecule is Cc1ccc(NC(=O)COC(=O)c2ccc(S(=O)(=O)N(C)c3ccccc3)cc2)cc1[N+](=O)[O-]. The molecule has 0 aliphatic heterocycles. The number of anilines is 2. The third-order valence-corrected chi connectivity index (χ3v) is 6.69. The number of esters is 1. The number of sulfonamides is 1. The van der Waals surface area contributed by atoms with E-state index >= 15 is 0 Å². The fraction of sp³-hybridized carbons (Fsp3) is 0.130. The molecule has 0 bridgehead atoms. The zero-order valence-corrected chi connectivity index (χ0v) is 19.1. The second-order valence-electron chi connectivity index (χ2n) is 7.22. The van der Waals surface area contributed by atoms with E-state index < -0.39 is 33.4 Å². The quantitative estimate of drug-likeness (QED) is 0.294. The number of ether oxygens (including phenoxy) is 1. The van der Waals surface area contributed by atoms with Crippen LogP contribution in [-0.4, -0.2) is 38.9 Å². The number of nitro benzene ring substituents is 1. The second-order valence-corrected chi connectivity index (χ2v) is 9.18. The van der Waals surface area contributed by atoms with Crippen LogP contribution in [0.1, 0.15) is 15.9 Å². The van der Waals surface area contributed by atoms with Gasteiger partial charge in [-0.15, -0.1) is 0 Å². The maximum Gasteiger partial charge on any atom is 0.338 e. The van der Waals surface area contributed by atoms with Gasteiger partial charge in [0.15, 0.2) is 6.61 Å². The molecule has 3 rings (SSSR count). The minimum absolute atomic E-state index is 0.0193. The molecule has 0 aliphatic carbocycles. The van der Waals surface area contributed by atoms with Crippen molar-refractivity contribution in [1.82, 2.24) is 0 Å². The molecule has 0 radical (unpaired) electrons. The summed E-state index contributed by atoms with van der Waals surface area (Å²) in [5.41, 5.74) is 1.02. The first-order valence-electron chi connectivity index (χ1n) is 9.95. The minimum Gasteiger partial charge on any atom is -0.452 e. The zero-order chi connectivity index (χ0) is 24.9. The number of amides is 1. The summed E-state index contributed by atoms with van der Waals surface area (Å²) in [4.78, 5) is 34.7. The van der Waals surface area contributed by atoms with Crippen molar-refractivity contribution in [1.29, 1.82) is 0 Å². The van der Waals surface area contributed by atoms with E-state index in [0.29, 0.717) is 11.3 Å². The molecule has 10 nitrogen and oxygen atoms in total. The molecule has 1 N–H and O–H groups in total. The molecule has 0 aliphatic rings. The Kier molecular flexibility index (Phi) is 7.27. The standard InChI is InChI=1S/C23H21N3O7S/c1-16-8-11-18(14-21(16)26(29)30)24-22(27)15-33-23(28)17-9-12-20(13-10-17)34(31,32)25(2)19-6-4-3-5-7-19/h3-14H,15H2,1-2H3,(H,24,27). The molecule has 0 spiro atoms. The Balaban J connectivity index is 1.61. The number of carbonyl (C=O) groups excluding carboxylic acids is 2. The number of nitro groups is 1. The largest absolute Gasteiger partial charge is 0.452 e. The molecule has 1 amide bonds. The predicted molar refractivity (Wildman–Crippen MR) is 125 cm³/mol. The highest BCUT2D eigenvalue weighted by Crippen LogP contribution is 2.23. The maximum absolute atomic E-state index is 12.8. The number of hydrogen-bond acceptors (Lipinski definition) is 7. The Labute approximate surface area is 196 Å². The number of nitrogens with zero attached hydrogens (tertiary/aromatic N) is 2. The Hall–Kier alpha value is -4.25. The molecule has 0 atom stereocenters. The molecule has 176 valence electrons. The Bertz CT molecular complexity index is 1320. The summed E-state index contributed by atoms with van der Waals surface area (Å²) in [6.07, 6.45) is 0. The van der Waals surface area contributed by atoms with Crippen LogP contribution in [-0.2, 0) is 19.6 Å². The zero-order valence-electron chi connectivity index (χ0n) is 18.3. The Morgan fingerprint density at radius 2 is 1.68 bits per heavy atom. The van der Waals surface area contributed by atoms with Crippen LogP contribution in [0.5, 0.6) is 0 Å². The van der Waals surface area contributed by atoms with Gasteiger partial charge in [0, 0.05) is 24.4 Å². The molecule has 0 unspecified atom stereocenters. The van der Waals surface area contributed by atoms with E-state index in [0.717, 1.165) is 4.31 Å². The predicted octanol–water partition coefficient (Wildman–Crippen LogP) is 3.52. The van der Waals surface area contributed by atoms with Crippen LogP contribution < -0.4 is 9.62 Å². The molecule has 0 saturated carbocycles. The number of aryl methyl sites for hydroxylation is 1. The van der Waals surface area contributed by atoms with Crippen molar-refractivity contribution in [3.05, 3.63) is 94.0 Å². The first-order valence-corrected chi connectivity index (χ1v) is 11.4. The number of rotatable bonds is 8. The number of benzene rings is 3. The first-order chi connectivity index (χ1) is 16.1. The summed E-state index contributed by atoms with van der Waals surface area (Å²) in [5, 5.41) is 13.4. The van der Waals surface area contributed by atoms with Crippen LogP contribution >= 0.6 is 0 Å². The van der Waals surface area contributed by atoms with E-state index in [4.69, 9.17) is 4.74 Å². The average Bonchev–Trinajstić information content (AvgIpc) is 2.83. The first kappa shape index (κ1) is 24.4. The van der Waals surface area contributed by atoms with Gasteiger partial charge < -0.3 is 10.1 Å². The normalized spacial score (nSPS) is 10.9. The third kappa shape index (κ3) is 5.56. The summed E-state index contributed by atoms with van der Waals surface area (Å²) < 4.78 is 31.7. The van der Waals surface area contributed by atoms with Crippen LogP contribution in [0.2, 0.25) is 0 Å². The maximum atomic E-state index is 12.8.